The Morgan fingerprint density at radius 3 is 2.53 bits per heavy atom. The van der Waals surface area contributed by atoms with Crippen molar-refractivity contribution in [2.24, 2.45) is 5.92 Å². The predicted molar refractivity (Wildman–Crippen MR) is 68.6 cm³/mol. The summed E-state index contributed by atoms with van der Waals surface area (Å²) < 4.78 is 0. The highest BCUT2D eigenvalue weighted by Gasteiger charge is 2.39. The highest BCUT2D eigenvalue weighted by atomic mass is 16.3. The average Bonchev–Trinajstić information content (AvgIpc) is 2.39. The minimum atomic E-state index is -0.775. The van der Waals surface area contributed by atoms with Crippen LogP contribution in [0.2, 0.25) is 0 Å². The van der Waals surface area contributed by atoms with E-state index in [0.29, 0.717) is 6.42 Å². The van der Waals surface area contributed by atoms with Gasteiger partial charge in [-0.2, -0.15) is 0 Å². The molecule has 2 heteroatoms. The summed E-state index contributed by atoms with van der Waals surface area (Å²) in [6.45, 7) is 2.02. The fourth-order valence-corrected chi connectivity index (χ4v) is 3.05. The topological polar surface area (TPSA) is 40.5 Å². The molecule has 2 rings (SSSR count). The van der Waals surface area contributed by atoms with Crippen molar-refractivity contribution in [2.75, 3.05) is 0 Å². The first-order chi connectivity index (χ1) is 8.16. The van der Waals surface area contributed by atoms with E-state index in [2.05, 4.69) is 0 Å². The summed E-state index contributed by atoms with van der Waals surface area (Å²) in [4.78, 5) is 0. The van der Waals surface area contributed by atoms with Gasteiger partial charge in [0, 0.05) is 0 Å². The minimum absolute atomic E-state index is 0.179. The molecule has 1 aromatic carbocycles. The van der Waals surface area contributed by atoms with Gasteiger partial charge in [-0.25, -0.2) is 0 Å². The first-order valence-corrected chi connectivity index (χ1v) is 6.62. The van der Waals surface area contributed by atoms with E-state index in [1.165, 1.54) is 0 Å². The summed E-state index contributed by atoms with van der Waals surface area (Å²) in [7, 11) is 0. The zero-order valence-electron chi connectivity index (χ0n) is 10.5. The quantitative estimate of drug-likeness (QED) is 0.844. The zero-order valence-corrected chi connectivity index (χ0v) is 10.5. The Hall–Kier alpha value is -0.860. The summed E-state index contributed by atoms with van der Waals surface area (Å²) in [5.74, 6) is 0.179. The molecule has 0 saturated heterocycles. The van der Waals surface area contributed by atoms with Crippen LogP contribution in [0.5, 0.6) is 0 Å². The van der Waals surface area contributed by atoms with Crippen LogP contribution in [-0.4, -0.2) is 16.3 Å². The molecule has 1 saturated carbocycles. The number of rotatable bonds is 3. The van der Waals surface area contributed by atoms with Gasteiger partial charge in [0.2, 0.25) is 0 Å². The van der Waals surface area contributed by atoms with Crippen molar-refractivity contribution in [3.8, 4) is 0 Å². The summed E-state index contributed by atoms with van der Waals surface area (Å²) >= 11 is 0. The summed E-state index contributed by atoms with van der Waals surface area (Å²) in [6, 6.07) is 9.88. The largest absolute Gasteiger partial charge is 0.393 e. The van der Waals surface area contributed by atoms with Gasteiger partial charge in [-0.3, -0.25) is 0 Å². The second-order valence-corrected chi connectivity index (χ2v) is 5.16. The van der Waals surface area contributed by atoms with Gasteiger partial charge in [0.05, 0.1) is 11.7 Å². The third kappa shape index (κ3) is 2.53. The highest BCUT2D eigenvalue weighted by molar-refractivity contribution is 5.23. The van der Waals surface area contributed by atoms with Crippen molar-refractivity contribution in [2.45, 2.75) is 50.7 Å². The van der Waals surface area contributed by atoms with Crippen molar-refractivity contribution < 1.29 is 10.2 Å². The van der Waals surface area contributed by atoms with E-state index in [-0.39, 0.29) is 12.0 Å². The first-order valence-electron chi connectivity index (χ1n) is 6.62. The molecule has 0 heterocycles. The maximum absolute atomic E-state index is 10.9. The fraction of sp³-hybridized carbons (Fsp3) is 0.600. The molecule has 17 heavy (non-hydrogen) atoms. The molecule has 94 valence electrons. The fourth-order valence-electron chi connectivity index (χ4n) is 3.05. The first kappa shape index (κ1) is 12.6. The van der Waals surface area contributed by atoms with Crippen LogP contribution in [0.1, 0.15) is 44.6 Å². The molecule has 3 unspecified atom stereocenters. The molecule has 2 N–H and O–H groups in total. The van der Waals surface area contributed by atoms with E-state index in [1.54, 1.807) is 0 Å². The highest BCUT2D eigenvalue weighted by Crippen LogP contribution is 2.41. The smallest absolute Gasteiger partial charge is 0.0922 e. The lowest BCUT2D eigenvalue weighted by Crippen LogP contribution is -2.38. The number of benzene rings is 1. The molecule has 0 aliphatic heterocycles. The lowest BCUT2D eigenvalue weighted by molar-refractivity contribution is -0.0633. The number of aliphatic hydroxyl groups excluding tert-OH is 1. The Balaban J connectivity index is 2.24. The standard InChI is InChI=1S/C15H22O2/c1-2-15(17,12-7-4-3-5-8-12)13-9-6-10-14(16)11-13/h3-5,7-8,13-14,16-17H,2,6,9-11H2,1H3. The summed E-state index contributed by atoms with van der Waals surface area (Å²) in [5, 5.41) is 20.7. The predicted octanol–water partition coefficient (Wildman–Crippen LogP) is 2.84. The molecule has 0 amide bonds. The molecule has 1 aromatic rings. The van der Waals surface area contributed by atoms with E-state index in [4.69, 9.17) is 0 Å². The van der Waals surface area contributed by atoms with Crippen LogP contribution < -0.4 is 0 Å². The average molecular weight is 234 g/mol. The monoisotopic (exact) mass is 234 g/mol. The molecule has 1 aliphatic carbocycles. The van der Waals surface area contributed by atoms with E-state index >= 15 is 0 Å². The van der Waals surface area contributed by atoms with Crippen molar-refractivity contribution in [3.63, 3.8) is 0 Å². The Bertz CT molecular complexity index is 349. The Morgan fingerprint density at radius 2 is 1.94 bits per heavy atom. The van der Waals surface area contributed by atoms with Crippen molar-refractivity contribution in [1.82, 2.24) is 0 Å². The Labute approximate surface area is 103 Å². The van der Waals surface area contributed by atoms with E-state index in [0.717, 1.165) is 31.2 Å². The lowest BCUT2D eigenvalue weighted by Gasteiger charge is -2.39. The van der Waals surface area contributed by atoms with E-state index < -0.39 is 5.60 Å². The molecular formula is C15H22O2. The third-order valence-corrected chi connectivity index (χ3v) is 4.13. The van der Waals surface area contributed by atoms with Gasteiger partial charge in [0.25, 0.3) is 0 Å². The van der Waals surface area contributed by atoms with Gasteiger partial charge in [0.15, 0.2) is 0 Å². The zero-order chi connectivity index (χ0) is 12.3. The second kappa shape index (κ2) is 5.19. The second-order valence-electron chi connectivity index (χ2n) is 5.16. The Morgan fingerprint density at radius 1 is 1.24 bits per heavy atom. The maximum atomic E-state index is 10.9. The summed E-state index contributed by atoms with van der Waals surface area (Å²) in [6.07, 6.45) is 4.09. The lowest BCUT2D eigenvalue weighted by atomic mass is 9.71. The van der Waals surface area contributed by atoms with E-state index in [9.17, 15) is 10.2 Å². The van der Waals surface area contributed by atoms with Crippen LogP contribution >= 0.6 is 0 Å². The molecular weight excluding hydrogens is 212 g/mol. The van der Waals surface area contributed by atoms with Crippen LogP contribution in [0.4, 0.5) is 0 Å². The SMILES string of the molecule is CCC(O)(c1ccccc1)C1CCCC(O)C1. The number of hydrogen-bond donors (Lipinski definition) is 2. The van der Waals surface area contributed by atoms with Gasteiger partial charge in [-0.05, 0) is 37.2 Å². The molecule has 0 aromatic heterocycles. The number of aliphatic hydroxyl groups is 2. The van der Waals surface area contributed by atoms with Crippen LogP contribution in [0.25, 0.3) is 0 Å². The Kier molecular flexibility index (Phi) is 3.85. The summed E-state index contributed by atoms with van der Waals surface area (Å²) in [5.41, 5.74) is 0.212. The van der Waals surface area contributed by atoms with Crippen molar-refractivity contribution in [3.05, 3.63) is 35.9 Å². The molecule has 0 bridgehead atoms. The van der Waals surface area contributed by atoms with Crippen molar-refractivity contribution in [1.29, 1.82) is 0 Å². The van der Waals surface area contributed by atoms with Gasteiger partial charge >= 0.3 is 0 Å². The van der Waals surface area contributed by atoms with Crippen LogP contribution in [0, 0.1) is 5.92 Å². The molecule has 1 fully saturated rings. The molecule has 2 nitrogen and oxygen atoms in total. The van der Waals surface area contributed by atoms with Gasteiger partial charge in [-0.15, -0.1) is 0 Å². The van der Waals surface area contributed by atoms with Crippen LogP contribution in [0.3, 0.4) is 0 Å². The van der Waals surface area contributed by atoms with Crippen LogP contribution in [-0.2, 0) is 5.60 Å². The van der Waals surface area contributed by atoms with E-state index in [1.807, 2.05) is 37.3 Å². The molecule has 0 spiro atoms. The van der Waals surface area contributed by atoms with Crippen LogP contribution in [0.15, 0.2) is 30.3 Å². The normalized spacial score (nSPS) is 28.6. The van der Waals surface area contributed by atoms with Crippen molar-refractivity contribution >= 4 is 0 Å². The molecule has 0 radical (unpaired) electrons. The maximum Gasteiger partial charge on any atom is 0.0922 e. The third-order valence-electron chi connectivity index (χ3n) is 4.13. The molecule has 1 aliphatic rings. The van der Waals surface area contributed by atoms with Gasteiger partial charge in [-0.1, -0.05) is 43.7 Å². The molecule has 3 atom stereocenters. The van der Waals surface area contributed by atoms with Gasteiger partial charge < -0.3 is 10.2 Å². The van der Waals surface area contributed by atoms with Gasteiger partial charge in [0.1, 0.15) is 0 Å². The number of hydrogen-bond acceptors (Lipinski definition) is 2. The minimum Gasteiger partial charge on any atom is -0.393 e.